The third-order valence-corrected chi connectivity index (χ3v) is 7.52. The summed E-state index contributed by atoms with van der Waals surface area (Å²) in [5.74, 6) is 0.250. The number of benzene rings is 1. The zero-order valence-electron chi connectivity index (χ0n) is 22.7. The van der Waals surface area contributed by atoms with Gasteiger partial charge in [0.1, 0.15) is 5.84 Å². The molecule has 0 unspecified atom stereocenters. The molecular formula is C30H54N4O. The van der Waals surface area contributed by atoms with E-state index in [-0.39, 0.29) is 5.84 Å². The van der Waals surface area contributed by atoms with Crippen molar-refractivity contribution in [1.29, 1.82) is 0 Å². The smallest absolute Gasteiger partial charge is 0.143 e. The Kier molecular flexibility index (Phi) is 16.4. The number of hydrogen-bond donors (Lipinski definition) is 2. The van der Waals surface area contributed by atoms with Crippen LogP contribution in [0.3, 0.4) is 0 Å². The first kappa shape index (κ1) is 29.5. The first-order valence-electron chi connectivity index (χ1n) is 14.8. The van der Waals surface area contributed by atoms with Crippen molar-refractivity contribution in [3.63, 3.8) is 0 Å². The Bertz CT molecular complexity index is 653. The largest absolute Gasteiger partial charge is 0.409 e. The molecule has 1 fully saturated rings. The molecule has 1 aromatic carbocycles. The third-order valence-electron chi connectivity index (χ3n) is 7.52. The van der Waals surface area contributed by atoms with E-state index in [0.29, 0.717) is 6.42 Å². The Labute approximate surface area is 216 Å². The summed E-state index contributed by atoms with van der Waals surface area (Å²) in [6.07, 6.45) is 23.4. The van der Waals surface area contributed by atoms with Gasteiger partial charge in [-0.1, -0.05) is 121 Å². The van der Waals surface area contributed by atoms with Crippen LogP contribution >= 0.6 is 0 Å². The van der Waals surface area contributed by atoms with Gasteiger partial charge in [0, 0.05) is 38.3 Å². The number of rotatable bonds is 20. The first-order chi connectivity index (χ1) is 17.2. The van der Waals surface area contributed by atoms with Gasteiger partial charge in [0.15, 0.2) is 0 Å². The van der Waals surface area contributed by atoms with Gasteiger partial charge in [-0.2, -0.15) is 0 Å². The summed E-state index contributed by atoms with van der Waals surface area (Å²) in [6, 6.07) is 8.48. The molecule has 0 radical (unpaired) electrons. The van der Waals surface area contributed by atoms with E-state index in [2.05, 4.69) is 46.1 Å². The lowest BCUT2D eigenvalue weighted by atomic mass is 10.0. The highest BCUT2D eigenvalue weighted by molar-refractivity contribution is 5.82. The Morgan fingerprint density at radius 2 is 1.17 bits per heavy atom. The zero-order valence-corrected chi connectivity index (χ0v) is 22.7. The van der Waals surface area contributed by atoms with Gasteiger partial charge in [-0.25, -0.2) is 0 Å². The van der Waals surface area contributed by atoms with Crippen molar-refractivity contribution < 1.29 is 5.21 Å². The minimum atomic E-state index is 0.250. The van der Waals surface area contributed by atoms with E-state index >= 15 is 0 Å². The predicted molar refractivity (Wildman–Crippen MR) is 152 cm³/mol. The fourth-order valence-corrected chi connectivity index (χ4v) is 5.18. The van der Waals surface area contributed by atoms with Crippen LogP contribution in [0.25, 0.3) is 0 Å². The van der Waals surface area contributed by atoms with Crippen molar-refractivity contribution in [3.05, 3.63) is 29.8 Å². The summed E-state index contributed by atoms with van der Waals surface area (Å²) < 4.78 is 0. The van der Waals surface area contributed by atoms with Gasteiger partial charge in [0.25, 0.3) is 0 Å². The third kappa shape index (κ3) is 13.8. The molecule has 0 atom stereocenters. The molecule has 1 saturated heterocycles. The fourth-order valence-electron chi connectivity index (χ4n) is 5.18. The molecule has 5 nitrogen and oxygen atoms in total. The van der Waals surface area contributed by atoms with Crippen LogP contribution in [0.1, 0.15) is 115 Å². The molecule has 5 heteroatoms. The lowest BCUT2D eigenvalue weighted by molar-refractivity contribution is 0.252. The van der Waals surface area contributed by atoms with Crippen LogP contribution in [0.5, 0.6) is 0 Å². The monoisotopic (exact) mass is 486 g/mol. The normalized spacial score (nSPS) is 15.1. The average molecular weight is 487 g/mol. The van der Waals surface area contributed by atoms with Gasteiger partial charge in [0.05, 0.1) is 0 Å². The standard InChI is InChI=1S/C30H54N4O/c1-2-3-4-5-6-7-8-9-10-11-12-13-14-15-16-17-22-33-23-25-34(26-24-33)29-20-18-28(19-21-29)27-30(31)32-35/h18-21,35H,2-17,22-27H2,1H3,(H2,31,32). The predicted octanol–water partition coefficient (Wildman–Crippen LogP) is 7.36. The van der Waals surface area contributed by atoms with E-state index in [1.807, 2.05) is 0 Å². The highest BCUT2D eigenvalue weighted by atomic mass is 16.4. The number of hydrogen-bond acceptors (Lipinski definition) is 4. The molecule has 0 saturated carbocycles. The van der Waals surface area contributed by atoms with Gasteiger partial charge >= 0.3 is 0 Å². The first-order valence-corrected chi connectivity index (χ1v) is 14.8. The van der Waals surface area contributed by atoms with E-state index in [4.69, 9.17) is 10.9 Å². The lowest BCUT2D eigenvalue weighted by Gasteiger charge is -2.36. The van der Waals surface area contributed by atoms with Crippen molar-refractivity contribution in [2.24, 2.45) is 10.9 Å². The molecule has 1 aromatic rings. The van der Waals surface area contributed by atoms with E-state index in [1.165, 1.54) is 115 Å². The van der Waals surface area contributed by atoms with Crippen molar-refractivity contribution in [3.8, 4) is 0 Å². The quantitative estimate of drug-likeness (QED) is 0.0664. The van der Waals surface area contributed by atoms with Gasteiger partial charge < -0.3 is 15.8 Å². The molecule has 1 aliphatic rings. The minimum Gasteiger partial charge on any atom is -0.409 e. The number of oxime groups is 1. The maximum atomic E-state index is 8.72. The number of nitrogens with zero attached hydrogens (tertiary/aromatic N) is 3. The highest BCUT2D eigenvalue weighted by Gasteiger charge is 2.16. The molecule has 2 rings (SSSR count). The molecule has 1 aliphatic heterocycles. The zero-order chi connectivity index (χ0) is 25.0. The van der Waals surface area contributed by atoms with Crippen LogP contribution in [0.15, 0.2) is 29.4 Å². The van der Waals surface area contributed by atoms with E-state index < -0.39 is 0 Å². The van der Waals surface area contributed by atoms with Gasteiger partial charge in [-0.15, -0.1) is 0 Å². The molecular weight excluding hydrogens is 432 g/mol. The van der Waals surface area contributed by atoms with Crippen molar-refractivity contribution in [2.75, 3.05) is 37.6 Å². The van der Waals surface area contributed by atoms with Crippen LogP contribution in [0.4, 0.5) is 5.69 Å². The maximum Gasteiger partial charge on any atom is 0.143 e. The summed E-state index contributed by atoms with van der Waals surface area (Å²) in [5.41, 5.74) is 7.95. The van der Waals surface area contributed by atoms with Gasteiger partial charge in [0.2, 0.25) is 0 Å². The second-order valence-electron chi connectivity index (χ2n) is 10.6. The number of anilines is 1. The summed E-state index contributed by atoms with van der Waals surface area (Å²) in [5, 5.41) is 11.8. The van der Waals surface area contributed by atoms with Crippen LogP contribution in [-0.2, 0) is 6.42 Å². The number of nitrogens with two attached hydrogens (primary N) is 1. The van der Waals surface area contributed by atoms with Crippen molar-refractivity contribution in [1.82, 2.24) is 4.90 Å². The Morgan fingerprint density at radius 3 is 1.63 bits per heavy atom. The Morgan fingerprint density at radius 1 is 0.714 bits per heavy atom. The molecule has 0 aromatic heterocycles. The van der Waals surface area contributed by atoms with Gasteiger partial charge in [-0.3, -0.25) is 4.90 Å². The fraction of sp³-hybridized carbons (Fsp3) is 0.767. The van der Waals surface area contributed by atoms with Crippen molar-refractivity contribution >= 4 is 11.5 Å². The van der Waals surface area contributed by atoms with Gasteiger partial charge in [-0.05, 0) is 30.7 Å². The molecule has 3 N–H and O–H groups in total. The Balaban J connectivity index is 1.38. The molecule has 0 bridgehead atoms. The number of amidine groups is 1. The van der Waals surface area contributed by atoms with E-state index in [9.17, 15) is 0 Å². The van der Waals surface area contributed by atoms with Crippen LogP contribution in [-0.4, -0.2) is 48.7 Å². The average Bonchev–Trinajstić information content (AvgIpc) is 2.89. The Hall–Kier alpha value is -1.75. The van der Waals surface area contributed by atoms with Crippen LogP contribution in [0, 0.1) is 0 Å². The van der Waals surface area contributed by atoms with Crippen LogP contribution in [0.2, 0.25) is 0 Å². The second kappa shape index (κ2) is 19.4. The highest BCUT2D eigenvalue weighted by Crippen LogP contribution is 2.18. The molecule has 0 aliphatic carbocycles. The van der Waals surface area contributed by atoms with Crippen LogP contribution < -0.4 is 10.6 Å². The van der Waals surface area contributed by atoms with E-state index in [0.717, 1.165) is 31.7 Å². The minimum absolute atomic E-state index is 0.250. The topological polar surface area (TPSA) is 65.1 Å². The van der Waals surface area contributed by atoms with Crippen molar-refractivity contribution in [2.45, 2.75) is 116 Å². The van der Waals surface area contributed by atoms with E-state index in [1.54, 1.807) is 0 Å². The molecule has 0 amide bonds. The summed E-state index contributed by atoms with van der Waals surface area (Å²) in [7, 11) is 0. The molecule has 200 valence electrons. The lowest BCUT2D eigenvalue weighted by Crippen LogP contribution is -2.46. The summed E-state index contributed by atoms with van der Waals surface area (Å²) in [4.78, 5) is 5.10. The second-order valence-corrected chi connectivity index (χ2v) is 10.6. The maximum absolute atomic E-state index is 8.72. The molecule has 35 heavy (non-hydrogen) atoms. The molecule has 1 heterocycles. The number of piperazine rings is 1. The SMILES string of the molecule is CCCCCCCCCCCCCCCCCCN1CCN(c2ccc(C/C(N)=N/O)cc2)CC1. The summed E-state index contributed by atoms with van der Waals surface area (Å²) >= 11 is 0. The summed E-state index contributed by atoms with van der Waals surface area (Å²) in [6.45, 7) is 8.06. The number of unbranched alkanes of at least 4 members (excludes halogenated alkanes) is 15. The molecule has 0 spiro atoms.